The van der Waals surface area contributed by atoms with Gasteiger partial charge in [-0.25, -0.2) is 0 Å². The topological polar surface area (TPSA) is 328 Å². The fourth-order valence-corrected chi connectivity index (χ4v) is 5.75. The summed E-state index contributed by atoms with van der Waals surface area (Å²) in [6, 6.07) is 3.34. The summed E-state index contributed by atoms with van der Waals surface area (Å²) in [5.41, 5.74) is 17.5. The maximum Gasteiger partial charge on any atom is 0.243 e. The normalized spacial score (nSPS) is 13.8. The average Bonchev–Trinajstić information content (AvgIpc) is 3.18. The fraction of sp³-hybridized carbons (Fsp3) is 0.615. The molecule has 330 valence electrons. The molecule has 0 saturated heterocycles. The summed E-state index contributed by atoms with van der Waals surface area (Å²) in [5, 5.41) is 20.6. The number of primary amides is 1. The lowest BCUT2D eigenvalue weighted by Crippen LogP contribution is -2.58. The van der Waals surface area contributed by atoms with E-state index in [0.29, 0.717) is 51.6 Å². The van der Waals surface area contributed by atoms with Gasteiger partial charge in [0.25, 0.3) is 0 Å². The summed E-state index contributed by atoms with van der Waals surface area (Å²) < 4.78 is 0. The van der Waals surface area contributed by atoms with Crippen LogP contribution in [-0.2, 0) is 49.6 Å². The highest BCUT2D eigenvalue weighted by atomic mass is 16.2. The highest BCUT2D eigenvalue weighted by molar-refractivity contribution is 5.97. The van der Waals surface area contributed by atoms with Gasteiger partial charge in [-0.2, -0.15) is 0 Å². The Morgan fingerprint density at radius 1 is 0.627 bits per heavy atom. The van der Waals surface area contributed by atoms with Crippen LogP contribution in [0.4, 0.5) is 0 Å². The van der Waals surface area contributed by atoms with Gasteiger partial charge in [0.15, 0.2) is 0 Å². The van der Waals surface area contributed by atoms with Gasteiger partial charge in [-0.15, -0.1) is 0 Å². The maximum atomic E-state index is 13.9. The molecule has 59 heavy (non-hydrogen) atoms. The molecule has 0 aromatic heterocycles. The smallest absolute Gasteiger partial charge is 0.243 e. The van der Waals surface area contributed by atoms with E-state index < -0.39 is 90.4 Å². The van der Waals surface area contributed by atoms with Crippen molar-refractivity contribution in [3.8, 4) is 0 Å². The summed E-state index contributed by atoms with van der Waals surface area (Å²) in [5.74, 6) is -5.22. The second kappa shape index (κ2) is 29.6. The van der Waals surface area contributed by atoms with Gasteiger partial charge in [0.2, 0.25) is 53.7 Å². The summed E-state index contributed by atoms with van der Waals surface area (Å²) in [6.07, 6.45) is 4.18. The zero-order chi connectivity index (χ0) is 44.2. The van der Waals surface area contributed by atoms with Crippen LogP contribution in [0.5, 0.6) is 0 Å². The van der Waals surface area contributed by atoms with Crippen LogP contribution in [0.25, 0.3) is 0 Å². The Bertz CT molecular complexity index is 1520. The van der Waals surface area contributed by atoms with E-state index in [1.54, 1.807) is 0 Å². The molecule has 0 aliphatic carbocycles. The lowest BCUT2D eigenvalue weighted by atomic mass is 10.0. The molecule has 1 aromatic rings. The standard InChI is InChI=1S/C39H65N11O9/c1-25(13-7-10-18-40)46-38(58)31(21-28-14-5-4-6-15-28)50-37(57)30(17-8-11-19-41)49-39(59)32(47-34(54)23-44-27(3)52)22-33(53)43-20-12-9-16-29(35(42)55)48-36(56)26(2)45-24-51/h4-6,14-15,24-26,29-32H,7-13,16-23,40-41H2,1-3H3,(H2,42,55)(H,43,53)(H,44,52)(H,45,51)(H,46,58)(H,47,54)(H,48,56)(H,49,59)(H,50,57)/t25-,26+,29?,30?,31?,32?/m1/s1. The van der Waals surface area contributed by atoms with Gasteiger partial charge in [0, 0.05) is 25.9 Å². The first-order valence-electron chi connectivity index (χ1n) is 20.1. The van der Waals surface area contributed by atoms with Crippen molar-refractivity contribution in [3.63, 3.8) is 0 Å². The molecular formula is C39H65N11O9. The number of hydrogen-bond acceptors (Lipinski definition) is 11. The van der Waals surface area contributed by atoms with E-state index >= 15 is 0 Å². The number of unbranched alkanes of at least 4 members (excludes halogenated alkanes) is 3. The van der Waals surface area contributed by atoms with Gasteiger partial charge in [-0.3, -0.25) is 43.2 Å². The number of hydrogen-bond donors (Lipinski definition) is 11. The largest absolute Gasteiger partial charge is 0.368 e. The molecule has 0 fully saturated rings. The van der Waals surface area contributed by atoms with Crippen molar-refractivity contribution in [3.05, 3.63) is 35.9 Å². The minimum atomic E-state index is -1.48. The van der Waals surface area contributed by atoms with E-state index in [4.69, 9.17) is 17.2 Å². The van der Waals surface area contributed by atoms with Crippen molar-refractivity contribution in [2.75, 3.05) is 26.2 Å². The summed E-state index contributed by atoms with van der Waals surface area (Å²) in [4.78, 5) is 113. The first kappa shape index (κ1) is 51.4. The Kier molecular flexibility index (Phi) is 25.8. The van der Waals surface area contributed by atoms with Crippen molar-refractivity contribution in [1.29, 1.82) is 0 Å². The molecule has 0 aliphatic heterocycles. The van der Waals surface area contributed by atoms with Crippen LogP contribution >= 0.6 is 0 Å². The van der Waals surface area contributed by atoms with Crippen LogP contribution in [0.2, 0.25) is 0 Å². The number of nitrogens with one attached hydrogen (secondary N) is 8. The Balaban J connectivity index is 3.12. The molecular weight excluding hydrogens is 766 g/mol. The zero-order valence-electron chi connectivity index (χ0n) is 34.4. The van der Waals surface area contributed by atoms with Crippen LogP contribution in [0, 0.1) is 0 Å². The van der Waals surface area contributed by atoms with Crippen LogP contribution in [-0.4, -0.2) is 116 Å². The summed E-state index contributed by atoms with van der Waals surface area (Å²) >= 11 is 0. The minimum absolute atomic E-state index is 0.0934. The fourth-order valence-electron chi connectivity index (χ4n) is 5.75. The van der Waals surface area contributed by atoms with Gasteiger partial charge in [0.05, 0.1) is 13.0 Å². The maximum absolute atomic E-state index is 13.9. The molecule has 20 heteroatoms. The Hall–Kier alpha value is -5.63. The van der Waals surface area contributed by atoms with Crippen LogP contribution in [0.1, 0.15) is 90.5 Å². The van der Waals surface area contributed by atoms with Crippen LogP contribution in [0.15, 0.2) is 30.3 Å². The molecule has 20 nitrogen and oxygen atoms in total. The monoisotopic (exact) mass is 831 g/mol. The van der Waals surface area contributed by atoms with E-state index in [9.17, 15) is 43.2 Å². The predicted octanol–water partition coefficient (Wildman–Crippen LogP) is -2.64. The van der Waals surface area contributed by atoms with E-state index in [1.807, 2.05) is 37.3 Å². The number of amides is 9. The molecule has 0 radical (unpaired) electrons. The summed E-state index contributed by atoms with van der Waals surface area (Å²) in [7, 11) is 0. The average molecular weight is 832 g/mol. The molecule has 6 atom stereocenters. The molecule has 0 spiro atoms. The first-order valence-corrected chi connectivity index (χ1v) is 20.1. The van der Waals surface area contributed by atoms with Crippen LogP contribution in [0.3, 0.4) is 0 Å². The van der Waals surface area contributed by atoms with E-state index in [2.05, 4.69) is 42.5 Å². The van der Waals surface area contributed by atoms with Crippen LogP contribution < -0.4 is 59.7 Å². The van der Waals surface area contributed by atoms with Gasteiger partial charge >= 0.3 is 0 Å². The second-order valence-electron chi connectivity index (χ2n) is 14.3. The molecule has 0 aliphatic rings. The van der Waals surface area contributed by atoms with Crippen molar-refractivity contribution in [2.45, 2.75) is 128 Å². The lowest BCUT2D eigenvalue weighted by molar-refractivity contribution is -0.135. The number of benzene rings is 1. The number of nitrogens with two attached hydrogens (primary N) is 3. The number of carbonyl (C=O) groups excluding carboxylic acids is 9. The second-order valence-corrected chi connectivity index (χ2v) is 14.3. The van der Waals surface area contributed by atoms with Gasteiger partial charge in [-0.1, -0.05) is 36.8 Å². The number of carbonyl (C=O) groups is 9. The third kappa shape index (κ3) is 22.8. The molecule has 4 unspecified atom stereocenters. The molecule has 14 N–H and O–H groups in total. The molecule has 1 aromatic carbocycles. The van der Waals surface area contributed by atoms with Crippen molar-refractivity contribution in [1.82, 2.24) is 42.5 Å². The minimum Gasteiger partial charge on any atom is -0.368 e. The zero-order valence-corrected chi connectivity index (χ0v) is 34.4. The molecule has 0 bridgehead atoms. The third-order valence-electron chi connectivity index (χ3n) is 9.13. The third-order valence-corrected chi connectivity index (χ3v) is 9.13. The highest BCUT2D eigenvalue weighted by Gasteiger charge is 2.31. The molecule has 1 rings (SSSR count). The lowest BCUT2D eigenvalue weighted by Gasteiger charge is -2.26. The summed E-state index contributed by atoms with van der Waals surface area (Å²) in [6.45, 7) is 4.96. The first-order chi connectivity index (χ1) is 28.1. The Morgan fingerprint density at radius 2 is 1.19 bits per heavy atom. The molecule has 0 heterocycles. The molecule has 9 amide bonds. The van der Waals surface area contributed by atoms with E-state index in [0.717, 1.165) is 18.4 Å². The van der Waals surface area contributed by atoms with Gasteiger partial charge in [-0.05, 0) is 83.9 Å². The van der Waals surface area contributed by atoms with Gasteiger partial charge < -0.3 is 59.7 Å². The van der Waals surface area contributed by atoms with Crippen molar-refractivity contribution >= 4 is 53.7 Å². The molecule has 0 saturated carbocycles. The Morgan fingerprint density at radius 3 is 1.80 bits per heavy atom. The van der Waals surface area contributed by atoms with E-state index in [1.165, 1.54) is 13.8 Å². The SMILES string of the molecule is CC(=O)NCC(=O)NC(CC(=O)NCCCCC(NC(=O)[C@H](C)NC=O)C(N)=O)C(=O)NC(CCCCN)C(=O)NC(Cc1ccccc1)C(=O)N[C@H](C)CCCCN. The highest BCUT2D eigenvalue weighted by Crippen LogP contribution is 2.09. The van der Waals surface area contributed by atoms with Crippen molar-refractivity contribution in [2.24, 2.45) is 17.2 Å². The van der Waals surface area contributed by atoms with E-state index in [-0.39, 0.29) is 31.8 Å². The predicted molar refractivity (Wildman–Crippen MR) is 219 cm³/mol. The Labute approximate surface area is 345 Å². The number of rotatable bonds is 31. The van der Waals surface area contributed by atoms with Crippen molar-refractivity contribution < 1.29 is 43.2 Å². The van der Waals surface area contributed by atoms with Gasteiger partial charge in [0.1, 0.15) is 30.2 Å². The quantitative estimate of drug-likeness (QED) is 0.0272.